The van der Waals surface area contributed by atoms with Crippen LogP contribution >= 0.6 is 0 Å². The molecular weight excluding hydrogens is 288 g/mol. The Labute approximate surface area is 138 Å². The van der Waals surface area contributed by atoms with Crippen molar-refractivity contribution in [3.63, 3.8) is 0 Å². The van der Waals surface area contributed by atoms with Gasteiger partial charge < -0.3 is 10.2 Å². The number of amides is 2. The van der Waals surface area contributed by atoms with Crippen LogP contribution in [0.3, 0.4) is 0 Å². The van der Waals surface area contributed by atoms with Gasteiger partial charge in [-0.3, -0.25) is 9.59 Å². The van der Waals surface area contributed by atoms with Gasteiger partial charge in [-0.25, -0.2) is 0 Å². The second-order valence-corrected chi connectivity index (χ2v) is 6.93. The zero-order valence-electron chi connectivity index (χ0n) is 14.3. The van der Waals surface area contributed by atoms with Crippen molar-refractivity contribution in [3.05, 3.63) is 42.5 Å². The molecule has 1 aromatic carbocycles. The highest BCUT2D eigenvalue weighted by molar-refractivity contribution is 6.00. The van der Waals surface area contributed by atoms with Crippen molar-refractivity contribution in [2.75, 3.05) is 11.9 Å². The van der Waals surface area contributed by atoms with E-state index in [2.05, 4.69) is 32.7 Å². The SMILES string of the molecule is C=CC(=O)Nc1ccc(C(=O)N2CCCC2(C)CC(C)C)cc1. The van der Waals surface area contributed by atoms with Gasteiger partial charge >= 0.3 is 0 Å². The molecule has 0 bridgehead atoms. The van der Waals surface area contributed by atoms with Gasteiger partial charge in [0.2, 0.25) is 5.91 Å². The van der Waals surface area contributed by atoms with E-state index in [4.69, 9.17) is 0 Å². The van der Waals surface area contributed by atoms with Crippen LogP contribution in [0.25, 0.3) is 0 Å². The molecule has 1 aliphatic heterocycles. The van der Waals surface area contributed by atoms with E-state index in [0.29, 0.717) is 17.2 Å². The number of hydrogen-bond donors (Lipinski definition) is 1. The zero-order valence-corrected chi connectivity index (χ0v) is 14.3. The van der Waals surface area contributed by atoms with Crippen LogP contribution in [0.15, 0.2) is 36.9 Å². The van der Waals surface area contributed by atoms with Crippen LogP contribution in [-0.2, 0) is 4.79 Å². The molecule has 1 unspecified atom stereocenters. The van der Waals surface area contributed by atoms with Crippen molar-refractivity contribution < 1.29 is 9.59 Å². The fourth-order valence-corrected chi connectivity index (χ4v) is 3.51. The smallest absolute Gasteiger partial charge is 0.254 e. The first-order valence-electron chi connectivity index (χ1n) is 8.21. The fraction of sp³-hybridized carbons (Fsp3) is 0.474. The standard InChI is InChI=1S/C19H26N2O2/c1-5-17(22)20-16-9-7-15(8-10-16)18(23)21-12-6-11-19(21,4)13-14(2)3/h5,7-10,14H,1,6,11-13H2,2-4H3,(H,20,22). The van der Waals surface area contributed by atoms with Gasteiger partial charge in [0.1, 0.15) is 0 Å². The Hall–Kier alpha value is -2.10. The topological polar surface area (TPSA) is 49.4 Å². The Morgan fingerprint density at radius 3 is 2.57 bits per heavy atom. The number of carbonyl (C=O) groups is 2. The Bertz CT molecular complexity index is 592. The van der Waals surface area contributed by atoms with Crippen LogP contribution in [-0.4, -0.2) is 28.8 Å². The predicted molar refractivity (Wildman–Crippen MR) is 93.4 cm³/mol. The van der Waals surface area contributed by atoms with E-state index in [-0.39, 0.29) is 17.4 Å². The lowest BCUT2D eigenvalue weighted by atomic mass is 9.88. The summed E-state index contributed by atoms with van der Waals surface area (Å²) in [5, 5.41) is 2.69. The van der Waals surface area contributed by atoms with E-state index < -0.39 is 0 Å². The third-order valence-electron chi connectivity index (χ3n) is 4.43. The summed E-state index contributed by atoms with van der Waals surface area (Å²) in [6.07, 6.45) is 4.36. The first-order chi connectivity index (χ1) is 10.9. The minimum Gasteiger partial charge on any atom is -0.333 e. The number of nitrogens with one attached hydrogen (secondary N) is 1. The third-order valence-corrected chi connectivity index (χ3v) is 4.43. The molecule has 1 aliphatic rings. The quantitative estimate of drug-likeness (QED) is 0.839. The Kier molecular flexibility index (Phi) is 5.24. The summed E-state index contributed by atoms with van der Waals surface area (Å²) in [6.45, 7) is 10.8. The maximum atomic E-state index is 12.9. The van der Waals surface area contributed by atoms with Gasteiger partial charge in [-0.1, -0.05) is 20.4 Å². The van der Waals surface area contributed by atoms with E-state index in [1.54, 1.807) is 24.3 Å². The maximum absolute atomic E-state index is 12.9. The number of rotatable bonds is 5. The number of anilines is 1. The lowest BCUT2D eigenvalue weighted by Crippen LogP contribution is -2.45. The second-order valence-electron chi connectivity index (χ2n) is 6.93. The van der Waals surface area contributed by atoms with Gasteiger partial charge in [0.05, 0.1) is 0 Å². The molecule has 23 heavy (non-hydrogen) atoms. The summed E-state index contributed by atoms with van der Waals surface area (Å²) in [5.41, 5.74) is 1.28. The normalized spacial score (nSPS) is 20.6. The van der Waals surface area contributed by atoms with Crippen molar-refractivity contribution in [3.8, 4) is 0 Å². The van der Waals surface area contributed by atoms with Gasteiger partial charge in [0.15, 0.2) is 0 Å². The first-order valence-corrected chi connectivity index (χ1v) is 8.21. The summed E-state index contributed by atoms with van der Waals surface area (Å²) >= 11 is 0. The van der Waals surface area contributed by atoms with Crippen LogP contribution in [0.4, 0.5) is 5.69 Å². The number of hydrogen-bond acceptors (Lipinski definition) is 2. The summed E-state index contributed by atoms with van der Waals surface area (Å²) in [5.74, 6) is 0.380. The molecule has 2 amide bonds. The molecule has 1 aromatic rings. The molecule has 2 rings (SSSR count). The Balaban J connectivity index is 2.13. The molecule has 4 heteroatoms. The minimum absolute atomic E-state index is 0.0546. The average Bonchev–Trinajstić information content (AvgIpc) is 2.87. The lowest BCUT2D eigenvalue weighted by molar-refractivity contribution is -0.111. The van der Waals surface area contributed by atoms with Gasteiger partial charge in [0.25, 0.3) is 5.91 Å². The van der Waals surface area contributed by atoms with Crippen LogP contribution in [0.1, 0.15) is 50.4 Å². The van der Waals surface area contributed by atoms with Gasteiger partial charge in [0, 0.05) is 23.3 Å². The van der Waals surface area contributed by atoms with E-state index in [9.17, 15) is 9.59 Å². The largest absolute Gasteiger partial charge is 0.333 e. The monoisotopic (exact) mass is 314 g/mol. The van der Waals surface area contributed by atoms with Crippen molar-refractivity contribution in [1.29, 1.82) is 0 Å². The van der Waals surface area contributed by atoms with E-state index in [1.807, 2.05) is 4.90 Å². The molecule has 0 aromatic heterocycles. The highest BCUT2D eigenvalue weighted by Gasteiger charge is 2.39. The van der Waals surface area contributed by atoms with E-state index in [0.717, 1.165) is 25.8 Å². The van der Waals surface area contributed by atoms with Gasteiger partial charge in [-0.15, -0.1) is 0 Å². The minimum atomic E-state index is -0.256. The molecule has 0 spiro atoms. The van der Waals surface area contributed by atoms with Crippen molar-refractivity contribution in [1.82, 2.24) is 4.90 Å². The van der Waals surface area contributed by atoms with Gasteiger partial charge in [-0.2, -0.15) is 0 Å². The van der Waals surface area contributed by atoms with Crippen LogP contribution in [0.2, 0.25) is 0 Å². The van der Waals surface area contributed by atoms with Crippen LogP contribution in [0, 0.1) is 5.92 Å². The molecule has 1 fully saturated rings. The number of likely N-dealkylation sites (tertiary alicyclic amines) is 1. The maximum Gasteiger partial charge on any atom is 0.254 e. The van der Waals surface area contributed by atoms with Crippen molar-refractivity contribution >= 4 is 17.5 Å². The summed E-state index contributed by atoms with van der Waals surface area (Å²) in [6, 6.07) is 7.05. The fourth-order valence-electron chi connectivity index (χ4n) is 3.51. The Morgan fingerprint density at radius 2 is 2.00 bits per heavy atom. The predicted octanol–water partition coefficient (Wildman–Crippen LogP) is 3.85. The molecule has 0 aliphatic carbocycles. The molecule has 124 valence electrons. The lowest BCUT2D eigenvalue weighted by Gasteiger charge is -2.37. The first kappa shape index (κ1) is 17.3. The second kappa shape index (κ2) is 6.99. The molecule has 1 heterocycles. The van der Waals surface area contributed by atoms with Crippen LogP contribution < -0.4 is 5.32 Å². The van der Waals surface area contributed by atoms with Gasteiger partial charge in [-0.05, 0) is 62.4 Å². The summed E-state index contributed by atoms with van der Waals surface area (Å²) in [4.78, 5) is 26.2. The molecule has 4 nitrogen and oxygen atoms in total. The van der Waals surface area contributed by atoms with E-state index in [1.165, 1.54) is 6.08 Å². The third kappa shape index (κ3) is 4.01. The summed E-state index contributed by atoms with van der Waals surface area (Å²) < 4.78 is 0. The van der Waals surface area contributed by atoms with Crippen molar-refractivity contribution in [2.45, 2.75) is 45.6 Å². The molecule has 1 saturated heterocycles. The Morgan fingerprint density at radius 1 is 1.35 bits per heavy atom. The van der Waals surface area contributed by atoms with Crippen LogP contribution in [0.5, 0.6) is 0 Å². The molecule has 1 N–H and O–H groups in total. The molecule has 0 radical (unpaired) electrons. The summed E-state index contributed by atoms with van der Waals surface area (Å²) in [7, 11) is 0. The highest BCUT2D eigenvalue weighted by Crippen LogP contribution is 2.35. The number of carbonyl (C=O) groups excluding carboxylic acids is 2. The number of nitrogens with zero attached hydrogens (tertiary/aromatic N) is 1. The van der Waals surface area contributed by atoms with Crippen molar-refractivity contribution in [2.24, 2.45) is 5.92 Å². The zero-order chi connectivity index (χ0) is 17.0. The molecule has 1 atom stereocenters. The molecule has 0 saturated carbocycles. The number of benzene rings is 1. The molecular formula is C19H26N2O2. The average molecular weight is 314 g/mol. The van der Waals surface area contributed by atoms with E-state index >= 15 is 0 Å². The highest BCUT2D eigenvalue weighted by atomic mass is 16.2.